The van der Waals surface area contributed by atoms with Gasteiger partial charge in [-0.25, -0.2) is 0 Å². The van der Waals surface area contributed by atoms with Crippen LogP contribution in [-0.2, 0) is 32.1 Å². The van der Waals surface area contributed by atoms with Gasteiger partial charge in [0.15, 0.2) is 0 Å². The molecule has 0 saturated heterocycles. The topological polar surface area (TPSA) is 0 Å². The van der Waals surface area contributed by atoms with Crippen molar-refractivity contribution in [3.8, 4) is 11.1 Å². The molecule has 4 aromatic rings. The maximum absolute atomic E-state index is 15.2. The minimum Gasteiger partial charge on any atom is -1.00 e. The third-order valence-electron chi connectivity index (χ3n) is 11.2. The molecule has 0 bridgehead atoms. The average Bonchev–Trinajstić information content (AvgIpc) is 3.66. The van der Waals surface area contributed by atoms with E-state index < -0.39 is 21.3 Å². The Balaban J connectivity index is 0.00000216. The van der Waals surface area contributed by atoms with Crippen LogP contribution in [-0.4, -0.2) is 3.21 Å². The van der Waals surface area contributed by atoms with E-state index in [0.717, 1.165) is 14.3 Å². The second-order valence-corrected chi connectivity index (χ2v) is 21.7. The summed E-state index contributed by atoms with van der Waals surface area (Å²) in [7, 11) is 0. The van der Waals surface area contributed by atoms with Gasteiger partial charge in [0.05, 0.1) is 0 Å². The number of allylic oxidation sites excluding steroid dienone is 8. The fourth-order valence-electron chi connectivity index (χ4n) is 9.22. The van der Waals surface area contributed by atoms with Gasteiger partial charge in [-0.2, -0.15) is 0 Å². The maximum Gasteiger partial charge on any atom is -1.00 e. The van der Waals surface area contributed by atoms with Gasteiger partial charge < -0.3 is 24.8 Å². The zero-order chi connectivity index (χ0) is 33.9. The van der Waals surface area contributed by atoms with Gasteiger partial charge in [-0.1, -0.05) is 0 Å². The molecule has 254 valence electrons. The SMILES string of the molecule is CC1=CC(C)[C]([Zr+2](=[C](c2cccc(F)c2)c2cccc(F)c2)[CH]2c3cc4c(cc3-c3cc5c(cc32)C(C)(C)C=C5C)C(C)=CC4(C)C)=C1.[Cl-].[Cl-]. The number of hydrogen-bond acceptors (Lipinski definition) is 0. The third kappa shape index (κ3) is 5.77. The minimum atomic E-state index is -3.23. The van der Waals surface area contributed by atoms with Gasteiger partial charge in [0.2, 0.25) is 0 Å². The molecule has 4 aliphatic carbocycles. The van der Waals surface area contributed by atoms with Crippen LogP contribution in [0.1, 0.15) is 104 Å². The van der Waals surface area contributed by atoms with Crippen molar-refractivity contribution in [2.24, 2.45) is 5.92 Å². The molecule has 0 radical (unpaired) electrons. The van der Waals surface area contributed by atoms with E-state index in [4.69, 9.17) is 0 Å². The average molecular weight is 783 g/mol. The first-order valence-corrected chi connectivity index (χ1v) is 21.0. The standard InChI is InChI=1S/C25H25.C13H8F2.C7H9.2ClH.Zr/c1-14-12-24(3,4)22-8-16-7-17-9-23-19(15(2)13-25(23,5)6)11-21(17)20(16)10-18(14)22;14-12-5-1-3-10(8-12)7-11-4-2-6-13(15)9-11;1-6-3-4-7(2)5-6;;;/h7-13H,1-6H3;1-6,8-9H;3,5,7H,1-2H3;2*1H;/q;;;;;+2/p-2. The van der Waals surface area contributed by atoms with Crippen molar-refractivity contribution in [2.75, 3.05) is 0 Å². The first-order valence-electron chi connectivity index (χ1n) is 17.2. The summed E-state index contributed by atoms with van der Waals surface area (Å²) >= 11 is -3.23. The summed E-state index contributed by atoms with van der Waals surface area (Å²) in [5.74, 6) is -0.267. The van der Waals surface area contributed by atoms with Crippen LogP contribution in [0.25, 0.3) is 22.3 Å². The molecular formula is C45H42Cl2F2Zr. The van der Waals surface area contributed by atoms with Crippen molar-refractivity contribution >= 4 is 14.4 Å². The molecule has 0 nitrogen and oxygen atoms in total. The van der Waals surface area contributed by atoms with Gasteiger partial charge in [-0.05, 0) is 0 Å². The van der Waals surface area contributed by atoms with E-state index in [2.05, 4.69) is 104 Å². The summed E-state index contributed by atoms with van der Waals surface area (Å²) in [5.41, 5.74) is 16.4. The molecule has 0 amide bonds. The fourth-order valence-corrected chi connectivity index (χ4v) is 18.8. The summed E-state index contributed by atoms with van der Waals surface area (Å²) in [5, 5.41) is 0. The molecule has 0 spiro atoms. The van der Waals surface area contributed by atoms with Crippen LogP contribution in [0, 0.1) is 17.6 Å². The van der Waals surface area contributed by atoms with Gasteiger partial charge in [0.25, 0.3) is 0 Å². The van der Waals surface area contributed by atoms with Gasteiger partial charge in [0.1, 0.15) is 0 Å². The normalized spacial score (nSPS) is 18.6. The predicted octanol–water partition coefficient (Wildman–Crippen LogP) is 5.80. The second-order valence-electron chi connectivity index (χ2n) is 15.6. The molecule has 8 rings (SSSR count). The van der Waals surface area contributed by atoms with E-state index in [1.54, 1.807) is 12.1 Å². The maximum atomic E-state index is 15.2. The van der Waals surface area contributed by atoms with E-state index in [1.807, 2.05) is 24.3 Å². The summed E-state index contributed by atoms with van der Waals surface area (Å²) in [4.78, 5) is 0. The van der Waals surface area contributed by atoms with Crippen molar-refractivity contribution in [1.29, 1.82) is 0 Å². The number of hydrogen-bond donors (Lipinski definition) is 0. The Morgan fingerprint density at radius 1 is 0.640 bits per heavy atom. The van der Waals surface area contributed by atoms with Crippen LogP contribution in [0.4, 0.5) is 8.78 Å². The molecule has 1 unspecified atom stereocenters. The molecule has 0 N–H and O–H groups in total. The predicted molar refractivity (Wildman–Crippen MR) is 194 cm³/mol. The van der Waals surface area contributed by atoms with Crippen molar-refractivity contribution < 1.29 is 54.9 Å². The summed E-state index contributed by atoms with van der Waals surface area (Å²) in [6, 6.07) is 24.1. The molecular weight excluding hydrogens is 741 g/mol. The van der Waals surface area contributed by atoms with Gasteiger partial charge in [0, 0.05) is 0 Å². The molecule has 4 aromatic carbocycles. The molecule has 1 atom stereocenters. The van der Waals surface area contributed by atoms with Crippen LogP contribution in [0.2, 0.25) is 0 Å². The fraction of sp³-hybridized carbons (Fsp3) is 0.267. The number of rotatable bonds is 4. The molecule has 0 heterocycles. The molecule has 0 fully saturated rings. The van der Waals surface area contributed by atoms with E-state index in [-0.39, 0.29) is 56.8 Å². The van der Waals surface area contributed by atoms with E-state index in [0.29, 0.717) is 0 Å². The van der Waals surface area contributed by atoms with Crippen LogP contribution >= 0.6 is 0 Å². The van der Waals surface area contributed by atoms with E-state index in [9.17, 15) is 0 Å². The zero-order valence-electron chi connectivity index (χ0n) is 29.9. The summed E-state index contributed by atoms with van der Waals surface area (Å²) < 4.78 is 33.2. The van der Waals surface area contributed by atoms with E-state index >= 15 is 8.78 Å². The Labute approximate surface area is 316 Å². The zero-order valence-corrected chi connectivity index (χ0v) is 33.9. The number of benzene rings is 4. The number of halogens is 4. The Morgan fingerprint density at radius 2 is 1.10 bits per heavy atom. The van der Waals surface area contributed by atoms with Crippen LogP contribution in [0.5, 0.6) is 0 Å². The van der Waals surface area contributed by atoms with Gasteiger partial charge in [-0.3, -0.25) is 0 Å². The van der Waals surface area contributed by atoms with Crippen LogP contribution in [0.15, 0.2) is 106 Å². The smallest absolute Gasteiger partial charge is 1.00 e. The van der Waals surface area contributed by atoms with Crippen molar-refractivity contribution in [2.45, 2.75) is 69.8 Å². The molecule has 4 aliphatic rings. The quantitative estimate of drug-likeness (QED) is 0.246. The van der Waals surface area contributed by atoms with Crippen molar-refractivity contribution in [3.05, 3.63) is 162 Å². The van der Waals surface area contributed by atoms with E-state index in [1.165, 1.54) is 76.6 Å². The number of fused-ring (bicyclic) bond motifs is 5. The van der Waals surface area contributed by atoms with Crippen LogP contribution < -0.4 is 24.8 Å². The first kappa shape index (κ1) is 36.8. The minimum absolute atomic E-state index is 0. The van der Waals surface area contributed by atoms with Gasteiger partial charge >= 0.3 is 293 Å². The van der Waals surface area contributed by atoms with Crippen molar-refractivity contribution in [3.63, 3.8) is 0 Å². The monoisotopic (exact) mass is 780 g/mol. The Kier molecular flexibility index (Phi) is 9.51. The van der Waals surface area contributed by atoms with Crippen molar-refractivity contribution in [1.82, 2.24) is 0 Å². The van der Waals surface area contributed by atoms with Gasteiger partial charge in [-0.15, -0.1) is 0 Å². The molecule has 5 heteroatoms. The summed E-state index contributed by atoms with van der Waals surface area (Å²) in [6.07, 6.45) is 9.61. The first-order chi connectivity index (χ1) is 22.7. The molecule has 0 aromatic heterocycles. The third-order valence-corrected chi connectivity index (χ3v) is 19.9. The Morgan fingerprint density at radius 3 is 1.50 bits per heavy atom. The van der Waals surface area contributed by atoms with Crippen LogP contribution in [0.3, 0.4) is 0 Å². The molecule has 0 aliphatic heterocycles. The Hall–Kier alpha value is -2.97. The largest absolute Gasteiger partial charge is 1.00 e. The molecule has 50 heavy (non-hydrogen) atoms. The molecule has 0 saturated carbocycles. The summed E-state index contributed by atoms with van der Waals surface area (Å²) in [6.45, 7) is 18.3. The Bertz CT molecular complexity index is 2130. The second kappa shape index (κ2) is 12.9.